The molecule has 2 amide bonds. The van der Waals surface area contributed by atoms with Crippen molar-refractivity contribution >= 4 is 46.8 Å². The molecule has 240 valence electrons. The normalized spacial score (nSPS) is 16.7. The Labute approximate surface area is 273 Å². The molecule has 2 aliphatic rings. The van der Waals surface area contributed by atoms with Crippen LogP contribution in [0, 0.1) is 0 Å². The van der Waals surface area contributed by atoms with Crippen LogP contribution in [0.2, 0.25) is 10.0 Å². The zero-order valence-corrected chi connectivity index (χ0v) is 27.2. The first-order chi connectivity index (χ1) is 21.7. The number of amides is 2. The maximum atomic E-state index is 13.6. The van der Waals surface area contributed by atoms with E-state index in [2.05, 4.69) is 37.4 Å². The number of benzene rings is 1. The van der Waals surface area contributed by atoms with Gasteiger partial charge in [-0.2, -0.15) is 0 Å². The van der Waals surface area contributed by atoms with Gasteiger partial charge < -0.3 is 30.3 Å². The number of ether oxygens (including phenoxy) is 1. The molecule has 1 aromatic carbocycles. The number of aromatic nitrogens is 3. The molecule has 3 aromatic rings. The smallest absolute Gasteiger partial charge is 0.255 e. The van der Waals surface area contributed by atoms with Gasteiger partial charge in [0.25, 0.3) is 5.91 Å². The van der Waals surface area contributed by atoms with E-state index in [4.69, 9.17) is 27.9 Å². The summed E-state index contributed by atoms with van der Waals surface area (Å²) in [5.74, 6) is 0.655. The number of nitrogens with zero attached hydrogens (tertiary/aromatic N) is 5. The SMILES string of the molecule is CCCC(CCO)Nc1ncc(Cl)c(-c2ccc3c(c2)C(=O)N([C@H](C)C(=O)N[C@H](C)c2cc(N4CCOCC4)ncc2Cl)C3)n1. The highest BCUT2D eigenvalue weighted by atomic mass is 35.5. The van der Waals surface area contributed by atoms with E-state index in [1.807, 2.05) is 25.1 Å². The largest absolute Gasteiger partial charge is 0.396 e. The Morgan fingerprint density at radius 2 is 1.84 bits per heavy atom. The van der Waals surface area contributed by atoms with Crippen molar-refractivity contribution in [2.75, 3.05) is 43.1 Å². The van der Waals surface area contributed by atoms with E-state index in [-0.39, 0.29) is 24.5 Å². The Hall–Kier alpha value is -3.51. The summed E-state index contributed by atoms with van der Waals surface area (Å²) in [5, 5.41) is 16.5. The Bertz CT molecular complexity index is 1530. The van der Waals surface area contributed by atoms with Gasteiger partial charge in [0.05, 0.1) is 41.2 Å². The topological polar surface area (TPSA) is 133 Å². The molecule has 1 unspecified atom stereocenters. The van der Waals surface area contributed by atoms with Crippen molar-refractivity contribution in [3.8, 4) is 11.3 Å². The predicted molar refractivity (Wildman–Crippen MR) is 175 cm³/mol. The molecule has 1 saturated heterocycles. The fourth-order valence-electron chi connectivity index (χ4n) is 5.69. The summed E-state index contributed by atoms with van der Waals surface area (Å²) in [7, 11) is 0. The first kappa shape index (κ1) is 32.9. The maximum absolute atomic E-state index is 13.6. The van der Waals surface area contributed by atoms with Crippen molar-refractivity contribution in [3.05, 3.63) is 63.4 Å². The number of aliphatic hydroxyl groups excluding tert-OH is 1. The number of rotatable bonds is 12. The molecule has 2 aliphatic heterocycles. The first-order valence-electron chi connectivity index (χ1n) is 15.3. The second kappa shape index (κ2) is 14.7. The lowest BCUT2D eigenvalue weighted by molar-refractivity contribution is -0.125. The summed E-state index contributed by atoms with van der Waals surface area (Å²) in [6.45, 7) is 8.76. The molecule has 0 spiro atoms. The first-order valence-corrected chi connectivity index (χ1v) is 16.1. The van der Waals surface area contributed by atoms with Gasteiger partial charge in [-0.25, -0.2) is 15.0 Å². The monoisotopic (exact) mass is 655 g/mol. The van der Waals surface area contributed by atoms with E-state index in [1.54, 1.807) is 24.1 Å². The number of pyridine rings is 1. The van der Waals surface area contributed by atoms with Gasteiger partial charge >= 0.3 is 0 Å². The van der Waals surface area contributed by atoms with Gasteiger partial charge in [-0.15, -0.1) is 0 Å². The number of carbonyl (C=O) groups is 2. The van der Waals surface area contributed by atoms with Crippen LogP contribution in [0.25, 0.3) is 11.3 Å². The molecule has 45 heavy (non-hydrogen) atoms. The van der Waals surface area contributed by atoms with Crippen molar-refractivity contribution in [2.45, 2.75) is 64.7 Å². The highest BCUT2D eigenvalue weighted by molar-refractivity contribution is 6.33. The quantitative estimate of drug-likeness (QED) is 0.250. The highest BCUT2D eigenvalue weighted by Gasteiger charge is 2.35. The Kier molecular flexibility index (Phi) is 10.8. The Balaban J connectivity index is 1.28. The van der Waals surface area contributed by atoms with Crippen LogP contribution >= 0.6 is 23.2 Å². The number of hydrogen-bond donors (Lipinski definition) is 3. The van der Waals surface area contributed by atoms with Crippen LogP contribution < -0.4 is 15.5 Å². The van der Waals surface area contributed by atoms with Crippen LogP contribution in [0.1, 0.15) is 67.6 Å². The number of anilines is 2. The van der Waals surface area contributed by atoms with E-state index >= 15 is 0 Å². The fraction of sp³-hybridized carbons (Fsp3) is 0.469. The molecule has 0 bridgehead atoms. The summed E-state index contributed by atoms with van der Waals surface area (Å²) in [4.78, 5) is 44.1. The molecular formula is C32H39Cl2N7O4. The van der Waals surface area contributed by atoms with Crippen LogP contribution in [-0.4, -0.2) is 81.8 Å². The number of morpholine rings is 1. The molecule has 0 radical (unpaired) electrons. The molecule has 2 aromatic heterocycles. The second-order valence-corrected chi connectivity index (χ2v) is 12.2. The maximum Gasteiger partial charge on any atom is 0.255 e. The van der Waals surface area contributed by atoms with Gasteiger partial charge in [-0.3, -0.25) is 9.59 Å². The van der Waals surface area contributed by atoms with E-state index in [0.29, 0.717) is 59.0 Å². The van der Waals surface area contributed by atoms with Crippen molar-refractivity contribution in [3.63, 3.8) is 0 Å². The van der Waals surface area contributed by atoms with Gasteiger partial charge in [0, 0.05) is 49.6 Å². The molecule has 0 aliphatic carbocycles. The number of nitrogens with one attached hydrogen (secondary N) is 2. The Morgan fingerprint density at radius 1 is 1.09 bits per heavy atom. The molecule has 13 heteroatoms. The number of halogens is 2. The third-order valence-electron chi connectivity index (χ3n) is 8.29. The minimum absolute atomic E-state index is 0.0286. The molecular weight excluding hydrogens is 617 g/mol. The van der Waals surface area contributed by atoms with Crippen molar-refractivity contribution < 1.29 is 19.4 Å². The van der Waals surface area contributed by atoms with Gasteiger partial charge in [-0.05, 0) is 49.9 Å². The Morgan fingerprint density at radius 3 is 2.58 bits per heavy atom. The van der Waals surface area contributed by atoms with Crippen molar-refractivity contribution in [1.29, 1.82) is 0 Å². The van der Waals surface area contributed by atoms with Crippen LogP contribution in [0.5, 0.6) is 0 Å². The summed E-state index contributed by atoms with van der Waals surface area (Å²) in [6.07, 6.45) is 5.52. The molecule has 0 saturated carbocycles. The zero-order chi connectivity index (χ0) is 32.1. The molecule has 3 atom stereocenters. The third-order valence-corrected chi connectivity index (χ3v) is 8.88. The molecule has 11 nitrogen and oxygen atoms in total. The predicted octanol–water partition coefficient (Wildman–Crippen LogP) is 4.87. The molecule has 4 heterocycles. The lowest BCUT2D eigenvalue weighted by Crippen LogP contribution is -2.46. The number of aliphatic hydroxyl groups is 1. The van der Waals surface area contributed by atoms with E-state index in [1.165, 1.54) is 6.20 Å². The van der Waals surface area contributed by atoms with Gasteiger partial charge in [0.15, 0.2) is 0 Å². The van der Waals surface area contributed by atoms with Crippen LogP contribution in [-0.2, 0) is 16.1 Å². The summed E-state index contributed by atoms with van der Waals surface area (Å²) >= 11 is 13.0. The summed E-state index contributed by atoms with van der Waals surface area (Å²) in [6, 6.07) is 6.31. The highest BCUT2D eigenvalue weighted by Crippen LogP contribution is 2.33. The third kappa shape index (κ3) is 7.49. The minimum atomic E-state index is -0.726. The molecule has 5 rings (SSSR count). The lowest BCUT2D eigenvalue weighted by Gasteiger charge is -2.29. The van der Waals surface area contributed by atoms with Crippen molar-refractivity contribution in [1.82, 2.24) is 25.2 Å². The fourth-order valence-corrected chi connectivity index (χ4v) is 6.16. The number of carbonyl (C=O) groups excluding carboxylic acids is 2. The van der Waals surface area contributed by atoms with Crippen LogP contribution in [0.15, 0.2) is 36.7 Å². The summed E-state index contributed by atoms with van der Waals surface area (Å²) in [5.41, 5.74) is 3.23. The average molecular weight is 657 g/mol. The average Bonchev–Trinajstić information content (AvgIpc) is 3.37. The summed E-state index contributed by atoms with van der Waals surface area (Å²) < 4.78 is 5.44. The number of hydrogen-bond acceptors (Lipinski definition) is 9. The van der Waals surface area contributed by atoms with Gasteiger partial charge in [-0.1, -0.05) is 48.7 Å². The second-order valence-electron chi connectivity index (χ2n) is 11.4. The van der Waals surface area contributed by atoms with E-state index in [9.17, 15) is 14.7 Å². The van der Waals surface area contributed by atoms with Gasteiger partial charge in [0.1, 0.15) is 11.9 Å². The molecule has 3 N–H and O–H groups in total. The van der Waals surface area contributed by atoms with Gasteiger partial charge in [0.2, 0.25) is 11.9 Å². The van der Waals surface area contributed by atoms with Crippen LogP contribution in [0.3, 0.4) is 0 Å². The minimum Gasteiger partial charge on any atom is -0.396 e. The van der Waals surface area contributed by atoms with Crippen LogP contribution in [0.4, 0.5) is 11.8 Å². The van der Waals surface area contributed by atoms with E-state index < -0.39 is 12.1 Å². The standard InChI is InChI=1S/C32H39Cl2N7O4/c1-4-5-23(8-11-42)38-32-36-17-27(34)29(39-32)21-6-7-22-18-41(31(44)25(22)14-21)20(3)30(43)37-19(2)24-15-28(35-16-26(24)33)40-9-12-45-13-10-40/h6-7,14-17,19-20,23,42H,4-5,8-13,18H2,1-3H3,(H,37,43)(H,36,38,39)/t19-,20-,23?/m1/s1. The van der Waals surface area contributed by atoms with Crippen molar-refractivity contribution in [2.24, 2.45) is 0 Å². The zero-order valence-electron chi connectivity index (χ0n) is 25.7. The lowest BCUT2D eigenvalue weighted by atomic mass is 10.0. The van der Waals surface area contributed by atoms with E-state index in [0.717, 1.165) is 42.9 Å². The molecule has 1 fully saturated rings. The number of fused-ring (bicyclic) bond motifs is 1.